The van der Waals surface area contributed by atoms with Crippen LogP contribution in [-0.4, -0.2) is 37.5 Å². The van der Waals surface area contributed by atoms with Crippen molar-refractivity contribution in [2.75, 3.05) is 20.6 Å². The molecule has 3 heteroatoms. The summed E-state index contributed by atoms with van der Waals surface area (Å²) in [5.41, 5.74) is 0. The first-order chi connectivity index (χ1) is 6.61. The Morgan fingerprint density at radius 2 is 2.21 bits per heavy atom. The number of allylic oxidation sites excluding steroid dienone is 1. The van der Waals surface area contributed by atoms with E-state index < -0.39 is 0 Å². The normalized spacial score (nSPS) is 12.2. The zero-order valence-electron chi connectivity index (χ0n) is 9.55. The van der Waals surface area contributed by atoms with Crippen molar-refractivity contribution in [1.29, 1.82) is 0 Å². The fourth-order valence-electron chi connectivity index (χ4n) is 1.16. The van der Waals surface area contributed by atoms with Crippen molar-refractivity contribution in [1.82, 2.24) is 10.2 Å². The molecule has 0 bridgehead atoms. The highest BCUT2D eigenvalue weighted by Gasteiger charge is 2.08. The molecular formula is C11H22N2O. The number of hydrogen-bond donors (Lipinski definition) is 1. The van der Waals surface area contributed by atoms with Crippen LogP contribution in [0, 0.1) is 0 Å². The van der Waals surface area contributed by atoms with Gasteiger partial charge in [-0.1, -0.05) is 13.0 Å². The Bertz CT molecular complexity index is 178. The number of nitrogens with one attached hydrogen (secondary N) is 1. The molecule has 1 N–H and O–H groups in total. The van der Waals surface area contributed by atoms with Crippen LogP contribution in [-0.2, 0) is 4.79 Å². The first-order valence-corrected chi connectivity index (χ1v) is 5.16. The molecule has 0 aliphatic carbocycles. The average Bonchev–Trinajstić information content (AvgIpc) is 2.17. The molecule has 1 unspecified atom stereocenters. The van der Waals surface area contributed by atoms with E-state index in [1.54, 1.807) is 19.0 Å². The van der Waals surface area contributed by atoms with E-state index in [0.29, 0.717) is 12.6 Å². The van der Waals surface area contributed by atoms with Crippen molar-refractivity contribution in [3.63, 3.8) is 0 Å². The first kappa shape index (κ1) is 13.2. The molecule has 0 heterocycles. The Morgan fingerprint density at radius 1 is 1.57 bits per heavy atom. The first-order valence-electron chi connectivity index (χ1n) is 5.16. The fraction of sp³-hybridized carbons (Fsp3) is 0.727. The van der Waals surface area contributed by atoms with Crippen LogP contribution in [0.3, 0.4) is 0 Å². The molecule has 1 amide bonds. The highest BCUT2D eigenvalue weighted by molar-refractivity contribution is 5.77. The summed E-state index contributed by atoms with van der Waals surface area (Å²) >= 11 is 0. The summed E-state index contributed by atoms with van der Waals surface area (Å²) in [5, 5.41) is 3.25. The third-order valence-corrected chi connectivity index (χ3v) is 2.25. The summed E-state index contributed by atoms with van der Waals surface area (Å²) in [6.07, 6.45) is 5.02. The van der Waals surface area contributed by atoms with Crippen LogP contribution in [0.2, 0.25) is 0 Å². The Balaban J connectivity index is 3.71. The molecule has 0 aliphatic rings. The summed E-state index contributed by atoms with van der Waals surface area (Å²) in [7, 11) is 3.55. The molecule has 0 rings (SSSR count). The van der Waals surface area contributed by atoms with Crippen molar-refractivity contribution in [3.8, 4) is 0 Å². The fourth-order valence-corrected chi connectivity index (χ4v) is 1.16. The minimum absolute atomic E-state index is 0.127. The van der Waals surface area contributed by atoms with E-state index in [2.05, 4.69) is 18.8 Å². The Morgan fingerprint density at radius 3 is 2.64 bits per heavy atom. The molecule has 1 atom stereocenters. The molecule has 82 valence electrons. The maximum atomic E-state index is 11.3. The van der Waals surface area contributed by atoms with Crippen molar-refractivity contribution >= 4 is 5.91 Å². The van der Waals surface area contributed by atoms with Gasteiger partial charge >= 0.3 is 0 Å². The zero-order chi connectivity index (χ0) is 11.0. The van der Waals surface area contributed by atoms with Gasteiger partial charge in [-0.3, -0.25) is 4.79 Å². The minimum atomic E-state index is 0.127. The lowest BCUT2D eigenvalue weighted by Crippen LogP contribution is -2.38. The number of amides is 1. The van der Waals surface area contributed by atoms with Crippen molar-refractivity contribution < 1.29 is 4.79 Å². The second kappa shape index (κ2) is 7.56. The van der Waals surface area contributed by atoms with E-state index in [1.165, 1.54) is 0 Å². The second-order valence-corrected chi connectivity index (χ2v) is 3.64. The third kappa shape index (κ3) is 5.75. The van der Waals surface area contributed by atoms with Crippen LogP contribution in [0.1, 0.15) is 26.2 Å². The molecule has 0 spiro atoms. The lowest BCUT2D eigenvalue weighted by molar-refractivity contribution is -0.127. The SMILES string of the molecule is C=CCCC(CC)NCC(=O)N(C)C. The van der Waals surface area contributed by atoms with E-state index in [1.807, 2.05) is 6.08 Å². The van der Waals surface area contributed by atoms with Crippen molar-refractivity contribution in [3.05, 3.63) is 12.7 Å². The van der Waals surface area contributed by atoms with Gasteiger partial charge in [0.25, 0.3) is 0 Å². The maximum Gasteiger partial charge on any atom is 0.236 e. The zero-order valence-corrected chi connectivity index (χ0v) is 9.55. The predicted octanol–water partition coefficient (Wildman–Crippen LogP) is 1.41. The molecule has 0 aromatic heterocycles. The smallest absolute Gasteiger partial charge is 0.236 e. The van der Waals surface area contributed by atoms with Gasteiger partial charge in [0, 0.05) is 20.1 Å². The van der Waals surface area contributed by atoms with E-state index in [-0.39, 0.29) is 5.91 Å². The molecular weight excluding hydrogens is 176 g/mol. The second-order valence-electron chi connectivity index (χ2n) is 3.64. The molecule has 14 heavy (non-hydrogen) atoms. The molecule has 0 aliphatic heterocycles. The number of likely N-dealkylation sites (N-methyl/N-ethyl adjacent to an activating group) is 1. The van der Waals surface area contributed by atoms with Crippen LogP contribution in [0.4, 0.5) is 0 Å². The number of hydrogen-bond acceptors (Lipinski definition) is 2. The monoisotopic (exact) mass is 198 g/mol. The number of carbonyl (C=O) groups is 1. The largest absolute Gasteiger partial charge is 0.348 e. The van der Waals surface area contributed by atoms with Gasteiger partial charge in [-0.2, -0.15) is 0 Å². The lowest BCUT2D eigenvalue weighted by atomic mass is 10.1. The van der Waals surface area contributed by atoms with Gasteiger partial charge in [-0.15, -0.1) is 6.58 Å². The van der Waals surface area contributed by atoms with E-state index in [0.717, 1.165) is 19.3 Å². The Kier molecular flexibility index (Phi) is 7.11. The average molecular weight is 198 g/mol. The van der Waals surface area contributed by atoms with Crippen molar-refractivity contribution in [2.45, 2.75) is 32.2 Å². The maximum absolute atomic E-state index is 11.3. The molecule has 0 saturated carbocycles. The van der Waals surface area contributed by atoms with Gasteiger partial charge in [0.1, 0.15) is 0 Å². The summed E-state index contributed by atoms with van der Waals surface area (Å²) < 4.78 is 0. The van der Waals surface area contributed by atoms with Gasteiger partial charge < -0.3 is 10.2 Å². The third-order valence-electron chi connectivity index (χ3n) is 2.25. The predicted molar refractivity (Wildman–Crippen MR) is 60.2 cm³/mol. The summed E-state index contributed by atoms with van der Waals surface area (Å²) in [6.45, 7) is 6.25. The van der Waals surface area contributed by atoms with E-state index in [4.69, 9.17) is 0 Å². The standard InChI is InChI=1S/C11H22N2O/c1-5-7-8-10(6-2)12-9-11(14)13(3)4/h5,10,12H,1,6-9H2,2-4H3. The van der Waals surface area contributed by atoms with Gasteiger partial charge in [0.2, 0.25) is 5.91 Å². The Labute approximate surface area is 87.2 Å². The van der Waals surface area contributed by atoms with Gasteiger partial charge in [0.15, 0.2) is 0 Å². The summed E-state index contributed by atoms with van der Waals surface area (Å²) in [6, 6.07) is 0.428. The number of carbonyl (C=O) groups excluding carboxylic acids is 1. The summed E-state index contributed by atoms with van der Waals surface area (Å²) in [4.78, 5) is 12.9. The van der Waals surface area contributed by atoms with Crippen LogP contribution < -0.4 is 5.32 Å². The molecule has 0 radical (unpaired) electrons. The van der Waals surface area contributed by atoms with Gasteiger partial charge in [0.05, 0.1) is 6.54 Å². The number of nitrogens with zero attached hydrogens (tertiary/aromatic N) is 1. The van der Waals surface area contributed by atoms with Gasteiger partial charge in [-0.25, -0.2) is 0 Å². The van der Waals surface area contributed by atoms with Crippen LogP contribution >= 0.6 is 0 Å². The quantitative estimate of drug-likeness (QED) is 0.627. The topological polar surface area (TPSA) is 32.3 Å². The minimum Gasteiger partial charge on any atom is -0.348 e. The molecule has 0 saturated heterocycles. The number of rotatable bonds is 7. The van der Waals surface area contributed by atoms with Crippen LogP contribution in [0.25, 0.3) is 0 Å². The van der Waals surface area contributed by atoms with Crippen LogP contribution in [0.5, 0.6) is 0 Å². The van der Waals surface area contributed by atoms with E-state index >= 15 is 0 Å². The lowest BCUT2D eigenvalue weighted by Gasteiger charge is -2.17. The van der Waals surface area contributed by atoms with E-state index in [9.17, 15) is 4.79 Å². The van der Waals surface area contributed by atoms with Gasteiger partial charge in [-0.05, 0) is 19.3 Å². The highest BCUT2D eigenvalue weighted by Crippen LogP contribution is 2.01. The molecule has 3 nitrogen and oxygen atoms in total. The van der Waals surface area contributed by atoms with Crippen molar-refractivity contribution in [2.24, 2.45) is 0 Å². The molecule has 0 aromatic rings. The summed E-state index contributed by atoms with van der Waals surface area (Å²) in [5.74, 6) is 0.127. The van der Waals surface area contributed by atoms with Crippen LogP contribution in [0.15, 0.2) is 12.7 Å². The highest BCUT2D eigenvalue weighted by atomic mass is 16.2. The molecule has 0 fully saturated rings. The molecule has 0 aromatic carbocycles. The Hall–Kier alpha value is -0.830.